The van der Waals surface area contributed by atoms with Crippen molar-refractivity contribution in [2.75, 3.05) is 18.0 Å². The van der Waals surface area contributed by atoms with Crippen molar-refractivity contribution >= 4 is 11.7 Å². The van der Waals surface area contributed by atoms with Crippen LogP contribution in [0.25, 0.3) is 0 Å². The maximum Gasteiger partial charge on any atom is 0.255 e. The molecule has 22 heavy (non-hydrogen) atoms. The normalized spacial score (nSPS) is 14.4. The molecule has 0 aliphatic carbocycles. The van der Waals surface area contributed by atoms with E-state index in [2.05, 4.69) is 20.2 Å². The Morgan fingerprint density at radius 3 is 2.82 bits per heavy atom. The van der Waals surface area contributed by atoms with Gasteiger partial charge in [0.15, 0.2) is 0 Å². The van der Waals surface area contributed by atoms with Crippen molar-refractivity contribution in [2.45, 2.75) is 33.2 Å². The number of furan rings is 1. The molecule has 3 heterocycles. The number of aryl methyl sites for hydroxylation is 2. The summed E-state index contributed by atoms with van der Waals surface area (Å²) in [5.74, 6) is 2.75. The van der Waals surface area contributed by atoms with Gasteiger partial charge in [0.25, 0.3) is 5.91 Å². The van der Waals surface area contributed by atoms with Crippen LogP contribution in [0.1, 0.15) is 40.5 Å². The molecule has 0 unspecified atom stereocenters. The minimum absolute atomic E-state index is 0.162. The second-order valence-corrected chi connectivity index (χ2v) is 5.53. The zero-order valence-electron chi connectivity index (χ0n) is 12.9. The van der Waals surface area contributed by atoms with Crippen LogP contribution in [-0.4, -0.2) is 29.0 Å². The number of hydrogen-bond donors (Lipinski definition) is 1. The SMILES string of the molecule is Cc1cc(C(=O)NCc2nccc(N3CCCC3)n2)c(C)o1. The molecule has 3 rings (SSSR count). The number of nitrogens with one attached hydrogen (secondary N) is 1. The molecule has 1 aliphatic rings. The van der Waals surface area contributed by atoms with Gasteiger partial charge < -0.3 is 14.6 Å². The Balaban J connectivity index is 1.65. The molecular formula is C16H20N4O2. The van der Waals surface area contributed by atoms with Gasteiger partial charge in [-0.15, -0.1) is 0 Å². The van der Waals surface area contributed by atoms with Crippen LogP contribution in [0.2, 0.25) is 0 Å². The van der Waals surface area contributed by atoms with E-state index in [1.807, 2.05) is 13.0 Å². The zero-order valence-corrected chi connectivity index (χ0v) is 12.9. The number of aromatic nitrogens is 2. The molecule has 1 fully saturated rings. The van der Waals surface area contributed by atoms with Crippen LogP contribution in [0.4, 0.5) is 5.82 Å². The molecule has 2 aromatic heterocycles. The molecule has 1 amide bonds. The van der Waals surface area contributed by atoms with Gasteiger partial charge in [-0.2, -0.15) is 0 Å². The maximum atomic E-state index is 12.2. The average molecular weight is 300 g/mol. The predicted octanol–water partition coefficient (Wildman–Crippen LogP) is 2.22. The van der Waals surface area contributed by atoms with E-state index in [0.29, 0.717) is 23.7 Å². The summed E-state index contributed by atoms with van der Waals surface area (Å²) >= 11 is 0. The fraction of sp³-hybridized carbons (Fsp3) is 0.438. The minimum Gasteiger partial charge on any atom is -0.466 e. The Labute approximate surface area is 129 Å². The molecule has 0 spiro atoms. The lowest BCUT2D eigenvalue weighted by atomic mass is 10.2. The van der Waals surface area contributed by atoms with Gasteiger partial charge in [-0.1, -0.05) is 0 Å². The lowest BCUT2D eigenvalue weighted by Crippen LogP contribution is -2.25. The van der Waals surface area contributed by atoms with Gasteiger partial charge in [0.05, 0.1) is 12.1 Å². The lowest BCUT2D eigenvalue weighted by molar-refractivity contribution is 0.0948. The second kappa shape index (κ2) is 6.17. The quantitative estimate of drug-likeness (QED) is 0.937. The topological polar surface area (TPSA) is 71.3 Å². The summed E-state index contributed by atoms with van der Waals surface area (Å²) in [4.78, 5) is 23.2. The van der Waals surface area contributed by atoms with E-state index in [0.717, 1.165) is 24.7 Å². The highest BCUT2D eigenvalue weighted by Gasteiger charge is 2.16. The second-order valence-electron chi connectivity index (χ2n) is 5.53. The Morgan fingerprint density at radius 2 is 2.14 bits per heavy atom. The van der Waals surface area contributed by atoms with Gasteiger partial charge in [-0.25, -0.2) is 9.97 Å². The molecule has 1 saturated heterocycles. The third-order valence-electron chi connectivity index (χ3n) is 3.81. The first-order valence-electron chi connectivity index (χ1n) is 7.55. The highest BCUT2D eigenvalue weighted by molar-refractivity contribution is 5.95. The zero-order chi connectivity index (χ0) is 15.5. The average Bonchev–Trinajstić information content (AvgIpc) is 3.15. The number of anilines is 1. The van der Waals surface area contributed by atoms with Crippen LogP contribution in [0.3, 0.4) is 0 Å². The molecule has 6 heteroatoms. The van der Waals surface area contributed by atoms with Crippen molar-refractivity contribution in [3.05, 3.63) is 41.2 Å². The molecule has 116 valence electrons. The van der Waals surface area contributed by atoms with Gasteiger partial charge in [-0.05, 0) is 38.8 Å². The number of amides is 1. The predicted molar refractivity (Wildman–Crippen MR) is 82.8 cm³/mol. The van der Waals surface area contributed by atoms with E-state index in [1.165, 1.54) is 12.8 Å². The monoisotopic (exact) mass is 300 g/mol. The van der Waals surface area contributed by atoms with Crippen molar-refractivity contribution in [3.8, 4) is 0 Å². The first kappa shape index (κ1) is 14.6. The van der Waals surface area contributed by atoms with E-state index < -0.39 is 0 Å². The molecule has 0 radical (unpaired) electrons. The van der Waals surface area contributed by atoms with Crippen molar-refractivity contribution in [2.24, 2.45) is 0 Å². The van der Waals surface area contributed by atoms with Crippen molar-refractivity contribution in [3.63, 3.8) is 0 Å². The van der Waals surface area contributed by atoms with Crippen molar-refractivity contribution in [1.29, 1.82) is 0 Å². The van der Waals surface area contributed by atoms with Crippen molar-refractivity contribution < 1.29 is 9.21 Å². The number of hydrogen-bond acceptors (Lipinski definition) is 5. The summed E-state index contributed by atoms with van der Waals surface area (Å²) in [6, 6.07) is 3.66. The maximum absolute atomic E-state index is 12.2. The molecule has 1 N–H and O–H groups in total. The van der Waals surface area contributed by atoms with Gasteiger partial charge in [-0.3, -0.25) is 4.79 Å². The van der Waals surface area contributed by atoms with Crippen LogP contribution in [0, 0.1) is 13.8 Å². The Kier molecular flexibility index (Phi) is 4.09. The summed E-state index contributed by atoms with van der Waals surface area (Å²) < 4.78 is 5.38. The molecular weight excluding hydrogens is 280 g/mol. The standard InChI is InChI=1S/C16H20N4O2/c1-11-9-13(12(2)22-11)16(21)18-10-14-17-6-5-15(19-14)20-7-3-4-8-20/h5-6,9H,3-4,7-8,10H2,1-2H3,(H,18,21). The van der Waals surface area contributed by atoms with Gasteiger partial charge >= 0.3 is 0 Å². The third kappa shape index (κ3) is 3.10. The summed E-state index contributed by atoms with van der Waals surface area (Å²) in [5.41, 5.74) is 0.563. The lowest BCUT2D eigenvalue weighted by Gasteiger charge is -2.16. The first-order chi connectivity index (χ1) is 10.6. The largest absolute Gasteiger partial charge is 0.466 e. The van der Waals surface area contributed by atoms with Crippen LogP contribution in [0.5, 0.6) is 0 Å². The van der Waals surface area contributed by atoms with Gasteiger partial charge in [0, 0.05) is 19.3 Å². The molecule has 6 nitrogen and oxygen atoms in total. The number of rotatable bonds is 4. The highest BCUT2D eigenvalue weighted by atomic mass is 16.3. The Bertz CT molecular complexity index is 675. The number of nitrogens with zero attached hydrogens (tertiary/aromatic N) is 3. The highest BCUT2D eigenvalue weighted by Crippen LogP contribution is 2.17. The van der Waals surface area contributed by atoms with E-state index in [9.17, 15) is 4.79 Å². The van der Waals surface area contributed by atoms with E-state index in [1.54, 1.807) is 19.2 Å². The summed E-state index contributed by atoms with van der Waals surface area (Å²) in [6.07, 6.45) is 4.15. The molecule has 1 aliphatic heterocycles. The smallest absolute Gasteiger partial charge is 0.255 e. The van der Waals surface area contributed by atoms with Crippen LogP contribution < -0.4 is 10.2 Å². The number of carbonyl (C=O) groups is 1. The number of carbonyl (C=O) groups excluding carboxylic acids is 1. The van der Waals surface area contributed by atoms with Crippen LogP contribution in [-0.2, 0) is 6.54 Å². The van der Waals surface area contributed by atoms with Crippen molar-refractivity contribution in [1.82, 2.24) is 15.3 Å². The van der Waals surface area contributed by atoms with Gasteiger partial charge in [0.2, 0.25) is 0 Å². The summed E-state index contributed by atoms with van der Waals surface area (Å²) in [6.45, 7) is 6.00. The fourth-order valence-corrected chi connectivity index (χ4v) is 2.71. The molecule has 0 bridgehead atoms. The molecule has 2 aromatic rings. The van der Waals surface area contributed by atoms with E-state index >= 15 is 0 Å². The third-order valence-corrected chi connectivity index (χ3v) is 3.81. The van der Waals surface area contributed by atoms with E-state index in [4.69, 9.17) is 4.42 Å². The first-order valence-corrected chi connectivity index (χ1v) is 7.55. The molecule has 0 aromatic carbocycles. The summed E-state index contributed by atoms with van der Waals surface area (Å²) in [7, 11) is 0. The minimum atomic E-state index is -0.162. The van der Waals surface area contributed by atoms with E-state index in [-0.39, 0.29) is 5.91 Å². The fourth-order valence-electron chi connectivity index (χ4n) is 2.71. The van der Waals surface area contributed by atoms with Crippen LogP contribution in [0.15, 0.2) is 22.7 Å². The molecule has 0 saturated carbocycles. The Morgan fingerprint density at radius 1 is 1.36 bits per heavy atom. The van der Waals surface area contributed by atoms with Crippen LogP contribution >= 0.6 is 0 Å². The Hall–Kier alpha value is -2.37. The molecule has 0 atom stereocenters. The summed E-state index contributed by atoms with van der Waals surface area (Å²) in [5, 5.41) is 2.84. The van der Waals surface area contributed by atoms with Gasteiger partial charge in [0.1, 0.15) is 23.2 Å².